The van der Waals surface area contributed by atoms with E-state index < -0.39 is 0 Å². The fourth-order valence-corrected chi connectivity index (χ4v) is 2.97. The molecule has 3 rings (SSSR count). The van der Waals surface area contributed by atoms with Crippen molar-refractivity contribution in [3.8, 4) is 22.3 Å². The number of hydrogen-bond acceptors (Lipinski definition) is 3. The van der Waals surface area contributed by atoms with E-state index in [-0.39, 0.29) is 17.0 Å². The summed E-state index contributed by atoms with van der Waals surface area (Å²) in [6.45, 7) is 3.11. The highest BCUT2D eigenvalue weighted by molar-refractivity contribution is 5.94. The van der Waals surface area contributed by atoms with Gasteiger partial charge in [0.15, 0.2) is 5.43 Å². The predicted octanol–water partition coefficient (Wildman–Crippen LogP) is 3.52. The topological polar surface area (TPSA) is 51.2 Å². The van der Waals surface area contributed by atoms with E-state index in [4.69, 9.17) is 0 Å². The van der Waals surface area contributed by atoms with E-state index in [2.05, 4.69) is 0 Å². The summed E-state index contributed by atoms with van der Waals surface area (Å²) in [6, 6.07) is 15.1. The smallest absolute Gasteiger partial charge is 0.195 e. The molecule has 0 aromatic heterocycles. The average molecular weight is 318 g/mol. The number of Topliss-reactive ketones (excluding diaryl/α,β-unsaturated/α-hetero) is 2. The average Bonchev–Trinajstić information content (AvgIpc) is 3.18. The lowest BCUT2D eigenvalue weighted by atomic mass is 10.0. The van der Waals surface area contributed by atoms with Gasteiger partial charge in [0.1, 0.15) is 11.6 Å². The molecule has 0 aliphatic rings. The van der Waals surface area contributed by atoms with Crippen LogP contribution in [0.25, 0.3) is 22.3 Å². The Balaban J connectivity index is 1.92. The van der Waals surface area contributed by atoms with Crippen LogP contribution in [0.1, 0.15) is 25.0 Å². The van der Waals surface area contributed by atoms with Crippen molar-refractivity contribution in [1.82, 2.24) is 0 Å². The van der Waals surface area contributed by atoms with Gasteiger partial charge in [-0.3, -0.25) is 14.4 Å². The summed E-state index contributed by atoms with van der Waals surface area (Å²) in [7, 11) is 0. The molecule has 0 N–H and O–H groups in total. The Labute approximate surface area is 140 Å². The van der Waals surface area contributed by atoms with Gasteiger partial charge in [-0.05, 0) is 36.1 Å². The van der Waals surface area contributed by atoms with Crippen LogP contribution in [0.4, 0.5) is 0 Å². The summed E-state index contributed by atoms with van der Waals surface area (Å²) < 4.78 is 0. The summed E-state index contributed by atoms with van der Waals surface area (Å²) >= 11 is 0. The van der Waals surface area contributed by atoms with Gasteiger partial charge in [0.25, 0.3) is 0 Å². The normalized spacial score (nSPS) is 10.9. The molecule has 0 unspecified atom stereocenters. The lowest BCUT2D eigenvalue weighted by Crippen LogP contribution is -1.95. The molecule has 0 aliphatic carbocycles. The first-order chi connectivity index (χ1) is 11.5. The maximum Gasteiger partial charge on any atom is 0.195 e. The second-order valence-electron chi connectivity index (χ2n) is 6.24. The van der Waals surface area contributed by atoms with Gasteiger partial charge in [-0.2, -0.15) is 0 Å². The zero-order valence-corrected chi connectivity index (χ0v) is 13.8. The molecule has 3 aromatic carbocycles. The van der Waals surface area contributed by atoms with E-state index in [0.717, 1.165) is 22.3 Å². The standard InChI is InChI=1S/C21H18O3/c1-13(22)9-15-5-3-7-17(11-15)19-20(21(19)24)18-8-4-6-16(12-18)10-14(2)23/h3-8,11-12H,9-10H2,1-2H3. The van der Waals surface area contributed by atoms with Gasteiger partial charge in [0.05, 0.1) is 0 Å². The lowest BCUT2D eigenvalue weighted by molar-refractivity contribution is -0.117. The molecule has 0 bridgehead atoms. The van der Waals surface area contributed by atoms with Crippen molar-refractivity contribution in [2.24, 2.45) is 0 Å². The van der Waals surface area contributed by atoms with Crippen LogP contribution in [-0.2, 0) is 22.4 Å². The van der Waals surface area contributed by atoms with Crippen LogP contribution in [0.3, 0.4) is 0 Å². The highest BCUT2D eigenvalue weighted by Gasteiger charge is 2.25. The quantitative estimate of drug-likeness (QED) is 0.699. The van der Waals surface area contributed by atoms with Gasteiger partial charge in [-0.25, -0.2) is 0 Å². The zero-order chi connectivity index (χ0) is 17.3. The molecule has 0 atom stereocenters. The van der Waals surface area contributed by atoms with Gasteiger partial charge in [0, 0.05) is 24.0 Å². The Morgan fingerprint density at radius 1 is 0.750 bits per heavy atom. The number of ketones is 2. The van der Waals surface area contributed by atoms with Crippen LogP contribution in [0.5, 0.6) is 0 Å². The third-order valence-corrected chi connectivity index (χ3v) is 3.98. The maximum atomic E-state index is 12.3. The number of benzene rings is 2. The van der Waals surface area contributed by atoms with Crippen molar-refractivity contribution in [2.75, 3.05) is 0 Å². The van der Waals surface area contributed by atoms with Crippen molar-refractivity contribution in [3.05, 3.63) is 69.9 Å². The first kappa shape index (κ1) is 16.1. The van der Waals surface area contributed by atoms with E-state index in [9.17, 15) is 14.4 Å². The lowest BCUT2D eigenvalue weighted by Gasteiger charge is -2.01. The number of carbonyl (C=O) groups is 2. The molecule has 0 fully saturated rings. The van der Waals surface area contributed by atoms with Crippen molar-refractivity contribution in [2.45, 2.75) is 26.7 Å². The summed E-state index contributed by atoms with van der Waals surface area (Å²) in [5.74, 6) is 0.195. The molecule has 120 valence electrons. The van der Waals surface area contributed by atoms with Gasteiger partial charge in [-0.1, -0.05) is 48.5 Å². The molecule has 0 radical (unpaired) electrons. The zero-order valence-electron chi connectivity index (χ0n) is 13.8. The van der Waals surface area contributed by atoms with Crippen LogP contribution < -0.4 is 5.43 Å². The highest BCUT2D eigenvalue weighted by atomic mass is 16.1. The third-order valence-electron chi connectivity index (χ3n) is 3.98. The molecule has 0 saturated heterocycles. The molecule has 3 heteroatoms. The largest absolute Gasteiger partial charge is 0.300 e. The predicted molar refractivity (Wildman–Crippen MR) is 94.7 cm³/mol. The molecule has 0 heterocycles. The minimum Gasteiger partial charge on any atom is -0.300 e. The van der Waals surface area contributed by atoms with Crippen molar-refractivity contribution < 1.29 is 9.59 Å². The molecule has 0 saturated carbocycles. The Bertz CT molecular complexity index is 865. The maximum absolute atomic E-state index is 12.3. The van der Waals surface area contributed by atoms with Crippen LogP contribution in [-0.4, -0.2) is 11.6 Å². The summed E-state index contributed by atoms with van der Waals surface area (Å²) in [4.78, 5) is 34.8. The van der Waals surface area contributed by atoms with E-state index >= 15 is 0 Å². The van der Waals surface area contributed by atoms with Crippen LogP contribution in [0, 0.1) is 0 Å². The third kappa shape index (κ3) is 3.40. The van der Waals surface area contributed by atoms with Crippen LogP contribution in [0.15, 0.2) is 53.3 Å². The fourth-order valence-electron chi connectivity index (χ4n) is 2.97. The number of carbonyl (C=O) groups excluding carboxylic acids is 2. The molecule has 3 nitrogen and oxygen atoms in total. The minimum absolute atomic E-state index is 0.0370. The summed E-state index contributed by atoms with van der Waals surface area (Å²) in [5, 5.41) is 0. The fraction of sp³-hybridized carbons (Fsp3) is 0.190. The summed E-state index contributed by atoms with van der Waals surface area (Å²) in [6.07, 6.45) is 0.748. The van der Waals surface area contributed by atoms with Crippen molar-refractivity contribution in [3.63, 3.8) is 0 Å². The highest BCUT2D eigenvalue weighted by Crippen LogP contribution is 2.35. The van der Waals surface area contributed by atoms with E-state index in [1.807, 2.05) is 48.5 Å². The number of rotatable bonds is 6. The van der Waals surface area contributed by atoms with Gasteiger partial charge in [-0.15, -0.1) is 0 Å². The molecule has 24 heavy (non-hydrogen) atoms. The SMILES string of the molecule is CC(=O)Cc1cccc(-c2c(-c3cccc(CC(C)=O)c3)c2=O)c1. The Hall–Kier alpha value is -2.81. The Kier molecular flexibility index (Phi) is 4.26. The molecule has 0 aliphatic heterocycles. The monoisotopic (exact) mass is 318 g/mol. The number of hydrogen-bond donors (Lipinski definition) is 0. The van der Waals surface area contributed by atoms with Crippen molar-refractivity contribution >= 4 is 11.6 Å². The van der Waals surface area contributed by atoms with Crippen LogP contribution >= 0.6 is 0 Å². The van der Waals surface area contributed by atoms with Crippen molar-refractivity contribution in [1.29, 1.82) is 0 Å². The van der Waals surface area contributed by atoms with Gasteiger partial charge < -0.3 is 0 Å². The van der Waals surface area contributed by atoms with Gasteiger partial charge in [0.2, 0.25) is 0 Å². The van der Waals surface area contributed by atoms with E-state index in [1.165, 1.54) is 0 Å². The Morgan fingerprint density at radius 3 is 1.54 bits per heavy atom. The van der Waals surface area contributed by atoms with Gasteiger partial charge >= 0.3 is 0 Å². The first-order valence-corrected chi connectivity index (χ1v) is 7.92. The minimum atomic E-state index is 0.0370. The molecule has 3 aromatic rings. The molecular weight excluding hydrogens is 300 g/mol. The van der Waals surface area contributed by atoms with E-state index in [0.29, 0.717) is 24.0 Å². The van der Waals surface area contributed by atoms with E-state index in [1.54, 1.807) is 13.8 Å². The molecular formula is C21H18O3. The molecule has 0 amide bonds. The first-order valence-electron chi connectivity index (χ1n) is 7.92. The second kappa shape index (κ2) is 6.36. The Morgan fingerprint density at radius 2 is 1.17 bits per heavy atom. The molecule has 0 spiro atoms. The second-order valence-corrected chi connectivity index (χ2v) is 6.24. The summed E-state index contributed by atoms with van der Waals surface area (Å²) in [5.41, 5.74) is 4.99. The van der Waals surface area contributed by atoms with Crippen LogP contribution in [0.2, 0.25) is 0 Å².